The highest BCUT2D eigenvalue weighted by Gasteiger charge is 2.14. The third kappa shape index (κ3) is 2.84. The number of halogens is 1. The van der Waals surface area contributed by atoms with Crippen LogP contribution in [0, 0.1) is 6.92 Å². The number of benzene rings is 2. The van der Waals surface area contributed by atoms with Crippen molar-refractivity contribution in [3.05, 3.63) is 64.6 Å². The minimum Gasteiger partial charge on any atom is -0.504 e. The summed E-state index contributed by atoms with van der Waals surface area (Å²) in [6, 6.07) is 9.01. The van der Waals surface area contributed by atoms with Crippen LogP contribution in [0.1, 0.15) is 17.0 Å². The van der Waals surface area contributed by atoms with E-state index in [1.165, 1.54) is 7.11 Å². The molecule has 1 aromatic heterocycles. The second kappa shape index (κ2) is 6.31. The molecule has 0 saturated carbocycles. The van der Waals surface area contributed by atoms with Crippen LogP contribution in [0.3, 0.4) is 0 Å². The lowest BCUT2D eigenvalue weighted by Gasteiger charge is -2.17. The molecule has 7 heteroatoms. The lowest BCUT2D eigenvalue weighted by atomic mass is 10.1. The number of phenolic OH excluding ortho intramolecular Hbond substituents is 1. The number of allylic oxidation sites excluding steroid dienone is 2. The van der Waals surface area contributed by atoms with Gasteiger partial charge in [0.15, 0.2) is 11.5 Å². The maximum Gasteiger partial charge on any atom is 0.161 e. The van der Waals surface area contributed by atoms with Gasteiger partial charge in [-0.25, -0.2) is 4.98 Å². The smallest absolute Gasteiger partial charge is 0.161 e. The molecule has 4 rings (SSSR count). The molecular weight excluding hydrogens is 352 g/mol. The molecule has 132 valence electrons. The molecule has 4 N–H and O–H groups in total. The van der Waals surface area contributed by atoms with E-state index in [1.807, 2.05) is 37.4 Å². The fraction of sp³-hybridized carbons (Fsp3) is 0.105. The largest absolute Gasteiger partial charge is 0.504 e. The van der Waals surface area contributed by atoms with Crippen molar-refractivity contribution in [1.82, 2.24) is 20.8 Å². The molecule has 0 atom stereocenters. The number of rotatable bonds is 3. The Morgan fingerprint density at radius 2 is 2.04 bits per heavy atom. The second-order valence-corrected chi connectivity index (χ2v) is 6.42. The molecule has 0 bridgehead atoms. The SMILES string of the molecule is COc1cc(C2=CC(c3nc4cc(Cl)c(C)cc4[nH]3)=CNN2)ccc1O. The van der Waals surface area contributed by atoms with Gasteiger partial charge in [-0.15, -0.1) is 0 Å². The minimum absolute atomic E-state index is 0.0981. The Balaban J connectivity index is 1.73. The number of aryl methyl sites for hydroxylation is 1. The van der Waals surface area contributed by atoms with Crippen LogP contribution in [0.25, 0.3) is 22.3 Å². The van der Waals surface area contributed by atoms with Crippen LogP contribution in [0.5, 0.6) is 11.5 Å². The highest BCUT2D eigenvalue weighted by molar-refractivity contribution is 6.32. The van der Waals surface area contributed by atoms with Gasteiger partial charge in [0.2, 0.25) is 0 Å². The summed E-state index contributed by atoms with van der Waals surface area (Å²) in [5, 5.41) is 10.5. The van der Waals surface area contributed by atoms with Gasteiger partial charge in [0.1, 0.15) is 5.82 Å². The average Bonchev–Trinajstić information content (AvgIpc) is 3.05. The van der Waals surface area contributed by atoms with Gasteiger partial charge in [-0.2, -0.15) is 0 Å². The zero-order chi connectivity index (χ0) is 18.3. The van der Waals surface area contributed by atoms with Crippen LogP contribution >= 0.6 is 11.6 Å². The number of nitrogens with one attached hydrogen (secondary N) is 3. The Kier molecular flexibility index (Phi) is 3.97. The van der Waals surface area contributed by atoms with Crippen molar-refractivity contribution < 1.29 is 9.84 Å². The summed E-state index contributed by atoms with van der Waals surface area (Å²) in [4.78, 5) is 7.95. The number of H-pyrrole nitrogens is 1. The van der Waals surface area contributed by atoms with E-state index in [2.05, 4.69) is 20.8 Å². The van der Waals surface area contributed by atoms with Crippen LogP contribution in [-0.4, -0.2) is 22.2 Å². The van der Waals surface area contributed by atoms with Gasteiger partial charge < -0.3 is 25.7 Å². The van der Waals surface area contributed by atoms with E-state index in [0.29, 0.717) is 10.8 Å². The number of phenols is 1. The third-order valence-corrected chi connectivity index (χ3v) is 4.67. The van der Waals surface area contributed by atoms with Crippen LogP contribution in [0.15, 0.2) is 42.6 Å². The molecule has 0 spiro atoms. The van der Waals surface area contributed by atoms with Crippen LogP contribution < -0.4 is 15.6 Å². The molecule has 2 heterocycles. The van der Waals surface area contributed by atoms with E-state index in [-0.39, 0.29) is 5.75 Å². The number of hydrogen-bond donors (Lipinski definition) is 4. The maximum absolute atomic E-state index is 9.77. The Bertz CT molecular complexity index is 1030. The minimum atomic E-state index is 0.0981. The number of hydrogen-bond acceptors (Lipinski definition) is 5. The fourth-order valence-corrected chi connectivity index (χ4v) is 3.00. The first kappa shape index (κ1) is 16.4. The first-order valence-electron chi connectivity index (χ1n) is 8.02. The van der Waals surface area contributed by atoms with Gasteiger partial charge in [0, 0.05) is 22.4 Å². The van der Waals surface area contributed by atoms with Crippen molar-refractivity contribution in [2.75, 3.05) is 7.11 Å². The van der Waals surface area contributed by atoms with E-state index >= 15 is 0 Å². The summed E-state index contributed by atoms with van der Waals surface area (Å²) >= 11 is 6.19. The van der Waals surface area contributed by atoms with E-state index < -0.39 is 0 Å². The molecule has 0 fully saturated rings. The standard InChI is InChI=1S/C19H17ClN4O2/c1-10-5-15-16(8-13(10)20)23-19(22-15)12-6-14(24-21-9-12)11-3-4-17(25)18(7-11)26-2/h3-9,21,24-25H,1-2H3,(H,22,23). The number of aromatic amines is 1. The van der Waals surface area contributed by atoms with Crippen molar-refractivity contribution in [2.24, 2.45) is 0 Å². The summed E-state index contributed by atoms with van der Waals surface area (Å²) in [5.41, 5.74) is 11.5. The molecule has 3 aromatic rings. The number of aromatic nitrogens is 2. The van der Waals surface area contributed by atoms with Crippen LogP contribution in [0.4, 0.5) is 0 Å². The van der Waals surface area contributed by atoms with E-state index in [1.54, 1.807) is 12.1 Å². The molecular formula is C19H17ClN4O2. The Morgan fingerprint density at radius 3 is 2.85 bits per heavy atom. The fourth-order valence-electron chi connectivity index (χ4n) is 2.84. The topological polar surface area (TPSA) is 82.2 Å². The summed E-state index contributed by atoms with van der Waals surface area (Å²) in [7, 11) is 1.52. The van der Waals surface area contributed by atoms with Crippen molar-refractivity contribution in [3.63, 3.8) is 0 Å². The maximum atomic E-state index is 9.77. The van der Waals surface area contributed by atoms with Crippen molar-refractivity contribution in [1.29, 1.82) is 0 Å². The summed E-state index contributed by atoms with van der Waals surface area (Å²) in [5.74, 6) is 1.25. The number of methoxy groups -OCH3 is 1. The number of hydrazine groups is 1. The molecule has 0 amide bonds. The predicted molar refractivity (Wildman–Crippen MR) is 103 cm³/mol. The van der Waals surface area contributed by atoms with Crippen molar-refractivity contribution in [2.45, 2.75) is 6.92 Å². The molecule has 0 unspecified atom stereocenters. The molecule has 1 aliphatic rings. The summed E-state index contributed by atoms with van der Waals surface area (Å²) in [6.45, 7) is 1.96. The van der Waals surface area contributed by atoms with E-state index in [4.69, 9.17) is 16.3 Å². The highest BCUT2D eigenvalue weighted by Crippen LogP contribution is 2.31. The van der Waals surface area contributed by atoms with E-state index in [0.717, 1.165) is 39.3 Å². The first-order chi connectivity index (χ1) is 12.5. The Morgan fingerprint density at radius 1 is 1.19 bits per heavy atom. The number of aromatic hydroxyl groups is 1. The zero-order valence-electron chi connectivity index (χ0n) is 14.2. The molecule has 26 heavy (non-hydrogen) atoms. The molecule has 0 aliphatic carbocycles. The number of ether oxygens (including phenoxy) is 1. The quantitative estimate of drug-likeness (QED) is 0.566. The second-order valence-electron chi connectivity index (χ2n) is 6.02. The molecule has 2 aromatic carbocycles. The number of nitrogens with zero attached hydrogens (tertiary/aromatic N) is 1. The predicted octanol–water partition coefficient (Wildman–Crippen LogP) is 3.73. The Labute approximate surface area is 155 Å². The summed E-state index contributed by atoms with van der Waals surface area (Å²) < 4.78 is 5.18. The number of fused-ring (bicyclic) bond motifs is 1. The third-order valence-electron chi connectivity index (χ3n) is 4.26. The van der Waals surface area contributed by atoms with Gasteiger partial charge in [0.05, 0.1) is 23.8 Å². The molecule has 1 aliphatic heterocycles. The molecule has 6 nitrogen and oxygen atoms in total. The van der Waals surface area contributed by atoms with Gasteiger partial charge >= 0.3 is 0 Å². The normalized spacial score (nSPS) is 13.7. The monoisotopic (exact) mass is 368 g/mol. The van der Waals surface area contributed by atoms with Crippen molar-refractivity contribution in [3.8, 4) is 11.5 Å². The zero-order valence-corrected chi connectivity index (χ0v) is 15.0. The highest BCUT2D eigenvalue weighted by atomic mass is 35.5. The lowest BCUT2D eigenvalue weighted by molar-refractivity contribution is 0.373. The average molecular weight is 369 g/mol. The van der Waals surface area contributed by atoms with Gasteiger partial charge in [-0.05, 0) is 48.9 Å². The molecule has 0 saturated heterocycles. The van der Waals surface area contributed by atoms with Gasteiger partial charge in [-0.1, -0.05) is 11.6 Å². The lowest BCUT2D eigenvalue weighted by Crippen LogP contribution is -2.28. The summed E-state index contributed by atoms with van der Waals surface area (Å²) in [6.07, 6.45) is 3.79. The first-order valence-corrected chi connectivity index (χ1v) is 8.40. The number of imidazole rings is 1. The Hall–Kier alpha value is -3.12. The van der Waals surface area contributed by atoms with Crippen LogP contribution in [-0.2, 0) is 0 Å². The van der Waals surface area contributed by atoms with Crippen molar-refractivity contribution >= 4 is 33.9 Å². The van der Waals surface area contributed by atoms with Crippen LogP contribution in [0.2, 0.25) is 5.02 Å². The van der Waals surface area contributed by atoms with Gasteiger partial charge in [0.25, 0.3) is 0 Å². The van der Waals surface area contributed by atoms with E-state index in [9.17, 15) is 5.11 Å². The van der Waals surface area contributed by atoms with Gasteiger partial charge in [-0.3, -0.25) is 0 Å². The molecule has 0 radical (unpaired) electrons.